The monoisotopic (exact) mass is 615 g/mol. The highest BCUT2D eigenvalue weighted by Crippen LogP contribution is 2.39. The Balaban J connectivity index is 2.07. The summed E-state index contributed by atoms with van der Waals surface area (Å²) in [6.45, 7) is 2.22. The van der Waals surface area contributed by atoms with Gasteiger partial charge in [-0.25, -0.2) is 0 Å². The van der Waals surface area contributed by atoms with Crippen LogP contribution in [0, 0.1) is 11.3 Å². The molecule has 0 saturated carbocycles. The van der Waals surface area contributed by atoms with E-state index in [-0.39, 0.29) is 6.04 Å². The summed E-state index contributed by atoms with van der Waals surface area (Å²) >= 11 is 0. The molecular formula is C36H52F3N3O2. The molecule has 0 N–H and O–H groups in total. The Morgan fingerprint density at radius 1 is 0.773 bits per heavy atom. The number of azo groups is 1. The summed E-state index contributed by atoms with van der Waals surface area (Å²) in [5.41, 5.74) is -0.157. The lowest BCUT2D eigenvalue weighted by Gasteiger charge is -2.28. The molecule has 2 atom stereocenters. The van der Waals surface area contributed by atoms with Gasteiger partial charge in [0.05, 0.1) is 37.3 Å². The van der Waals surface area contributed by atoms with E-state index in [0.717, 1.165) is 61.7 Å². The van der Waals surface area contributed by atoms with Crippen molar-refractivity contribution >= 4 is 0 Å². The number of ether oxygens (including phenoxy) is 2. The number of hydrogen-bond acceptors (Lipinski definition) is 5. The van der Waals surface area contributed by atoms with E-state index in [2.05, 4.69) is 23.2 Å². The second kappa shape index (κ2) is 20.0. The van der Waals surface area contributed by atoms with Crippen LogP contribution in [0.5, 0.6) is 11.5 Å². The maximum Gasteiger partial charge on any atom is 0.416 e. The number of benzene rings is 2. The Hall–Kier alpha value is -3.08. The highest BCUT2D eigenvalue weighted by atomic mass is 19.4. The van der Waals surface area contributed by atoms with Gasteiger partial charge in [0, 0.05) is 13.1 Å². The van der Waals surface area contributed by atoms with Gasteiger partial charge in [0.2, 0.25) is 0 Å². The number of rotatable bonds is 22. The number of halogens is 3. The molecular weight excluding hydrogens is 563 g/mol. The minimum atomic E-state index is -4.45. The van der Waals surface area contributed by atoms with E-state index in [1.54, 1.807) is 27.3 Å². The first-order valence-corrected chi connectivity index (χ1v) is 16.3. The molecule has 244 valence electrons. The predicted molar refractivity (Wildman–Crippen MR) is 171 cm³/mol. The maximum atomic E-state index is 13.6. The van der Waals surface area contributed by atoms with E-state index < -0.39 is 17.2 Å². The summed E-state index contributed by atoms with van der Waals surface area (Å²) in [4.78, 5) is 0. The van der Waals surface area contributed by atoms with Crippen LogP contribution in [0.25, 0.3) is 0 Å². The van der Waals surface area contributed by atoms with Crippen molar-refractivity contribution in [1.29, 1.82) is 5.26 Å². The molecule has 44 heavy (non-hydrogen) atoms. The average Bonchev–Trinajstić information content (AvgIpc) is 3.03. The Morgan fingerprint density at radius 3 is 1.89 bits per heavy atom. The van der Waals surface area contributed by atoms with Crippen molar-refractivity contribution in [2.75, 3.05) is 21.3 Å². The standard InChI is InChI=1S/C36H52F3N3O2/c1-5-6-7-8-9-10-11-12-13-14-22-35(28-40,30-17-15-18-31(26-30)36(37,38)39)23-16-19-32(42-41-2)21-20-29-24-33(43-3)27-34(25-29)44-4/h15,17-18,24-27,32H,5-14,16,19-23H2,1-4H3/b42-41+. The second-order valence-corrected chi connectivity index (χ2v) is 11.8. The summed E-state index contributed by atoms with van der Waals surface area (Å²) in [6, 6.07) is 13.6. The van der Waals surface area contributed by atoms with Crippen LogP contribution in [-0.2, 0) is 18.0 Å². The average molecular weight is 616 g/mol. The Bertz CT molecular complexity index is 1140. The van der Waals surface area contributed by atoms with E-state index in [4.69, 9.17) is 9.47 Å². The van der Waals surface area contributed by atoms with Crippen molar-refractivity contribution in [2.24, 2.45) is 10.2 Å². The molecule has 5 nitrogen and oxygen atoms in total. The first kappa shape index (κ1) is 37.1. The van der Waals surface area contributed by atoms with Gasteiger partial charge in [-0.1, -0.05) is 89.3 Å². The molecule has 2 rings (SSSR count). The molecule has 0 fully saturated rings. The van der Waals surface area contributed by atoms with Gasteiger partial charge in [0.15, 0.2) is 0 Å². The second-order valence-electron chi connectivity index (χ2n) is 11.8. The number of hydrogen-bond donors (Lipinski definition) is 0. The largest absolute Gasteiger partial charge is 0.497 e. The Labute approximate surface area is 263 Å². The van der Waals surface area contributed by atoms with Gasteiger partial charge in [-0.15, -0.1) is 0 Å². The van der Waals surface area contributed by atoms with Crippen LogP contribution in [0.3, 0.4) is 0 Å². The molecule has 0 aliphatic rings. The lowest BCUT2D eigenvalue weighted by Crippen LogP contribution is -2.25. The van der Waals surface area contributed by atoms with Gasteiger partial charge in [0.1, 0.15) is 11.5 Å². The lowest BCUT2D eigenvalue weighted by molar-refractivity contribution is -0.137. The van der Waals surface area contributed by atoms with Crippen molar-refractivity contribution in [2.45, 2.75) is 127 Å². The Morgan fingerprint density at radius 2 is 1.34 bits per heavy atom. The quantitative estimate of drug-likeness (QED) is 0.0977. The number of aryl methyl sites for hydroxylation is 1. The summed E-state index contributed by atoms with van der Waals surface area (Å²) in [5.74, 6) is 1.44. The zero-order chi connectivity index (χ0) is 32.3. The van der Waals surface area contributed by atoms with Gasteiger partial charge in [-0.3, -0.25) is 0 Å². The van der Waals surface area contributed by atoms with Gasteiger partial charge in [0.25, 0.3) is 0 Å². The molecule has 0 heterocycles. The van der Waals surface area contributed by atoms with Gasteiger partial charge in [-0.05, 0) is 67.9 Å². The van der Waals surface area contributed by atoms with Gasteiger partial charge in [-0.2, -0.15) is 28.7 Å². The minimum Gasteiger partial charge on any atom is -0.497 e. The smallest absolute Gasteiger partial charge is 0.416 e. The Kier molecular flexibility index (Phi) is 16.9. The molecule has 0 spiro atoms. The first-order valence-electron chi connectivity index (χ1n) is 16.3. The zero-order valence-electron chi connectivity index (χ0n) is 27.2. The number of methoxy groups -OCH3 is 2. The van der Waals surface area contributed by atoms with Crippen LogP contribution < -0.4 is 9.47 Å². The van der Waals surface area contributed by atoms with E-state index in [9.17, 15) is 18.4 Å². The molecule has 8 heteroatoms. The topological polar surface area (TPSA) is 67.0 Å². The van der Waals surface area contributed by atoms with E-state index in [1.165, 1.54) is 50.7 Å². The highest BCUT2D eigenvalue weighted by Gasteiger charge is 2.36. The minimum absolute atomic E-state index is 0.0626. The van der Waals surface area contributed by atoms with Crippen LogP contribution >= 0.6 is 0 Å². The molecule has 0 radical (unpaired) electrons. The summed E-state index contributed by atoms with van der Waals surface area (Å²) in [6.07, 6.45) is 11.1. The van der Waals surface area contributed by atoms with E-state index >= 15 is 0 Å². The van der Waals surface area contributed by atoms with E-state index in [1.807, 2.05) is 18.2 Å². The molecule has 2 aromatic carbocycles. The molecule has 0 amide bonds. The van der Waals surface area contributed by atoms with Crippen LogP contribution in [-0.4, -0.2) is 27.3 Å². The molecule has 0 aliphatic carbocycles. The molecule has 2 unspecified atom stereocenters. The van der Waals surface area contributed by atoms with Crippen molar-refractivity contribution in [3.05, 3.63) is 59.2 Å². The van der Waals surface area contributed by atoms with Crippen molar-refractivity contribution in [1.82, 2.24) is 0 Å². The van der Waals surface area contributed by atoms with Crippen LogP contribution in [0.15, 0.2) is 52.7 Å². The number of alkyl halides is 3. The third kappa shape index (κ3) is 12.9. The third-order valence-electron chi connectivity index (χ3n) is 8.51. The molecule has 2 aromatic rings. The third-order valence-corrected chi connectivity index (χ3v) is 8.51. The highest BCUT2D eigenvalue weighted by molar-refractivity contribution is 5.39. The van der Waals surface area contributed by atoms with Crippen LogP contribution in [0.4, 0.5) is 13.2 Å². The van der Waals surface area contributed by atoms with Crippen molar-refractivity contribution in [3.63, 3.8) is 0 Å². The SMILES string of the molecule is CCCCCCCCCCCCC(C#N)(CCCC(CCc1cc(OC)cc(OC)c1)/N=N/C)c1cccc(C(F)(F)F)c1. The molecule has 0 aliphatic heterocycles. The zero-order valence-corrected chi connectivity index (χ0v) is 27.2. The van der Waals surface area contributed by atoms with E-state index in [0.29, 0.717) is 31.2 Å². The maximum absolute atomic E-state index is 13.6. The molecule has 0 bridgehead atoms. The number of nitriles is 1. The van der Waals surface area contributed by atoms with Crippen molar-refractivity contribution in [3.8, 4) is 17.6 Å². The molecule has 0 saturated heterocycles. The normalized spacial score (nSPS) is 13.9. The van der Waals surface area contributed by atoms with Gasteiger partial charge < -0.3 is 9.47 Å². The van der Waals surface area contributed by atoms with Gasteiger partial charge >= 0.3 is 6.18 Å². The lowest BCUT2D eigenvalue weighted by atomic mass is 9.73. The fourth-order valence-corrected chi connectivity index (χ4v) is 5.90. The van der Waals surface area contributed by atoms with Crippen molar-refractivity contribution < 1.29 is 22.6 Å². The summed E-state index contributed by atoms with van der Waals surface area (Å²) < 4.78 is 51.7. The summed E-state index contributed by atoms with van der Waals surface area (Å²) in [5, 5.41) is 19.0. The number of nitrogens with zero attached hydrogens (tertiary/aromatic N) is 3. The van der Waals surface area contributed by atoms with Crippen LogP contribution in [0.1, 0.15) is 120 Å². The first-order chi connectivity index (χ1) is 21.2. The fourth-order valence-electron chi connectivity index (χ4n) is 5.90. The summed E-state index contributed by atoms with van der Waals surface area (Å²) in [7, 11) is 4.89. The molecule has 0 aromatic heterocycles. The fraction of sp³-hybridized carbons (Fsp3) is 0.639. The predicted octanol–water partition coefficient (Wildman–Crippen LogP) is 11.0. The number of unbranched alkanes of at least 4 members (excludes halogenated alkanes) is 9. The van der Waals surface area contributed by atoms with Crippen LogP contribution in [0.2, 0.25) is 0 Å².